The molecule has 0 aromatic rings. The molecule has 0 saturated heterocycles. The van der Waals surface area contributed by atoms with Crippen LogP contribution >= 0.6 is 0 Å². The minimum absolute atomic E-state index is 0.839. The Morgan fingerprint density at radius 1 is 0.700 bits per heavy atom. The SMILES string of the molecule is CCCNC(C1CCCCCCC1)C1CCCCCC1. The molecule has 1 unspecified atom stereocenters. The third kappa shape index (κ3) is 5.39. The molecular weight excluding hydrogens is 242 g/mol. The van der Waals surface area contributed by atoms with E-state index < -0.39 is 0 Å². The van der Waals surface area contributed by atoms with Gasteiger partial charge in [-0.3, -0.25) is 0 Å². The fourth-order valence-electron chi connectivity index (χ4n) is 4.55. The first-order valence-corrected chi connectivity index (χ1v) is 9.65. The molecule has 0 heterocycles. The van der Waals surface area contributed by atoms with Gasteiger partial charge in [0.2, 0.25) is 0 Å². The van der Waals surface area contributed by atoms with Gasteiger partial charge in [-0.05, 0) is 50.5 Å². The van der Waals surface area contributed by atoms with E-state index in [0.717, 1.165) is 17.9 Å². The second-order valence-corrected chi connectivity index (χ2v) is 7.34. The van der Waals surface area contributed by atoms with Crippen molar-refractivity contribution in [3.63, 3.8) is 0 Å². The molecule has 1 N–H and O–H groups in total. The minimum atomic E-state index is 0.839. The topological polar surface area (TPSA) is 12.0 Å². The third-order valence-electron chi connectivity index (χ3n) is 5.70. The summed E-state index contributed by atoms with van der Waals surface area (Å²) in [5, 5.41) is 3.98. The Balaban J connectivity index is 1.95. The Kier molecular flexibility index (Phi) is 8.02. The third-order valence-corrected chi connectivity index (χ3v) is 5.70. The molecule has 0 bridgehead atoms. The second kappa shape index (κ2) is 9.82. The summed E-state index contributed by atoms with van der Waals surface area (Å²) in [6.45, 7) is 3.55. The van der Waals surface area contributed by atoms with Gasteiger partial charge in [0.05, 0.1) is 0 Å². The van der Waals surface area contributed by atoms with Crippen molar-refractivity contribution in [1.29, 1.82) is 0 Å². The quantitative estimate of drug-likeness (QED) is 0.638. The highest BCUT2D eigenvalue weighted by Crippen LogP contribution is 2.34. The minimum Gasteiger partial charge on any atom is -0.313 e. The Labute approximate surface area is 127 Å². The molecule has 0 radical (unpaired) electrons. The molecule has 1 nitrogen and oxygen atoms in total. The maximum Gasteiger partial charge on any atom is 0.0124 e. The van der Waals surface area contributed by atoms with Crippen molar-refractivity contribution in [2.45, 2.75) is 103 Å². The van der Waals surface area contributed by atoms with E-state index in [0.29, 0.717) is 0 Å². The lowest BCUT2D eigenvalue weighted by atomic mass is 9.77. The van der Waals surface area contributed by atoms with Crippen molar-refractivity contribution in [2.75, 3.05) is 6.54 Å². The van der Waals surface area contributed by atoms with Gasteiger partial charge in [-0.25, -0.2) is 0 Å². The molecular formula is C19H37N. The first-order valence-electron chi connectivity index (χ1n) is 9.65. The molecule has 2 saturated carbocycles. The van der Waals surface area contributed by atoms with Crippen molar-refractivity contribution in [3.8, 4) is 0 Å². The van der Waals surface area contributed by atoms with Gasteiger partial charge in [-0.1, -0.05) is 64.7 Å². The number of hydrogen-bond donors (Lipinski definition) is 1. The van der Waals surface area contributed by atoms with Crippen LogP contribution in [0, 0.1) is 11.8 Å². The highest BCUT2D eigenvalue weighted by molar-refractivity contribution is 4.85. The molecule has 0 aromatic carbocycles. The van der Waals surface area contributed by atoms with E-state index in [2.05, 4.69) is 12.2 Å². The number of hydrogen-bond acceptors (Lipinski definition) is 1. The summed E-state index contributed by atoms with van der Waals surface area (Å²) in [5.74, 6) is 1.96. The standard InChI is InChI=1S/C19H37N/c1-2-16-20-19(18-14-10-6-7-11-15-18)17-12-8-4-3-5-9-13-17/h17-20H,2-16H2,1H3. The fraction of sp³-hybridized carbons (Fsp3) is 1.00. The fourth-order valence-corrected chi connectivity index (χ4v) is 4.55. The Hall–Kier alpha value is -0.0400. The van der Waals surface area contributed by atoms with Crippen LogP contribution in [0.4, 0.5) is 0 Å². The molecule has 1 atom stereocenters. The zero-order valence-electron chi connectivity index (χ0n) is 13.8. The van der Waals surface area contributed by atoms with Gasteiger partial charge >= 0.3 is 0 Å². The second-order valence-electron chi connectivity index (χ2n) is 7.34. The highest BCUT2D eigenvalue weighted by atomic mass is 14.9. The number of rotatable bonds is 5. The molecule has 2 aliphatic carbocycles. The van der Waals surface area contributed by atoms with Crippen LogP contribution in [0.1, 0.15) is 96.8 Å². The maximum atomic E-state index is 3.98. The summed E-state index contributed by atoms with van der Waals surface area (Å²) < 4.78 is 0. The van der Waals surface area contributed by atoms with Gasteiger partial charge in [0.1, 0.15) is 0 Å². The van der Waals surface area contributed by atoms with Crippen molar-refractivity contribution in [3.05, 3.63) is 0 Å². The van der Waals surface area contributed by atoms with E-state index in [9.17, 15) is 0 Å². The predicted octanol–water partition coefficient (Wildman–Crippen LogP) is 5.69. The van der Waals surface area contributed by atoms with E-state index in [1.54, 1.807) is 0 Å². The van der Waals surface area contributed by atoms with E-state index in [1.165, 1.54) is 96.4 Å². The first kappa shape index (κ1) is 16.3. The van der Waals surface area contributed by atoms with Gasteiger partial charge in [-0.15, -0.1) is 0 Å². The molecule has 2 fully saturated rings. The molecule has 2 rings (SSSR count). The molecule has 0 spiro atoms. The molecule has 0 aromatic heterocycles. The molecule has 0 amide bonds. The summed E-state index contributed by atoms with van der Waals surface area (Å²) in [7, 11) is 0. The van der Waals surface area contributed by atoms with E-state index in [-0.39, 0.29) is 0 Å². The smallest absolute Gasteiger partial charge is 0.0124 e. The highest BCUT2D eigenvalue weighted by Gasteiger charge is 2.29. The van der Waals surface area contributed by atoms with Crippen molar-refractivity contribution in [2.24, 2.45) is 11.8 Å². The van der Waals surface area contributed by atoms with Crippen LogP contribution < -0.4 is 5.32 Å². The van der Waals surface area contributed by atoms with Gasteiger partial charge in [0.15, 0.2) is 0 Å². The first-order chi connectivity index (χ1) is 9.92. The van der Waals surface area contributed by atoms with Crippen LogP contribution in [0.3, 0.4) is 0 Å². The van der Waals surface area contributed by atoms with E-state index in [4.69, 9.17) is 0 Å². The summed E-state index contributed by atoms with van der Waals surface area (Å²) in [6, 6.07) is 0.839. The van der Waals surface area contributed by atoms with Crippen molar-refractivity contribution >= 4 is 0 Å². The van der Waals surface area contributed by atoms with E-state index >= 15 is 0 Å². The van der Waals surface area contributed by atoms with E-state index in [1.807, 2.05) is 0 Å². The summed E-state index contributed by atoms with van der Waals surface area (Å²) in [4.78, 5) is 0. The molecule has 20 heavy (non-hydrogen) atoms. The Bertz CT molecular complexity index is 222. The lowest BCUT2D eigenvalue weighted by Gasteiger charge is -2.35. The van der Waals surface area contributed by atoms with Gasteiger partial charge in [0.25, 0.3) is 0 Å². The molecule has 2 aliphatic rings. The van der Waals surface area contributed by atoms with Crippen molar-refractivity contribution in [1.82, 2.24) is 5.32 Å². The van der Waals surface area contributed by atoms with Gasteiger partial charge < -0.3 is 5.32 Å². The summed E-state index contributed by atoms with van der Waals surface area (Å²) >= 11 is 0. The number of nitrogens with one attached hydrogen (secondary N) is 1. The Morgan fingerprint density at radius 2 is 1.10 bits per heavy atom. The van der Waals surface area contributed by atoms with Crippen LogP contribution in [0.15, 0.2) is 0 Å². The van der Waals surface area contributed by atoms with Crippen LogP contribution in [-0.4, -0.2) is 12.6 Å². The average molecular weight is 280 g/mol. The summed E-state index contributed by atoms with van der Waals surface area (Å²) in [5.41, 5.74) is 0. The van der Waals surface area contributed by atoms with Gasteiger partial charge in [0, 0.05) is 6.04 Å². The van der Waals surface area contributed by atoms with Crippen LogP contribution in [0.25, 0.3) is 0 Å². The maximum absolute atomic E-state index is 3.98. The zero-order chi connectivity index (χ0) is 14.0. The lowest BCUT2D eigenvalue weighted by molar-refractivity contribution is 0.202. The van der Waals surface area contributed by atoms with Gasteiger partial charge in [-0.2, -0.15) is 0 Å². The molecule has 0 aliphatic heterocycles. The summed E-state index contributed by atoms with van der Waals surface area (Å²) in [6.07, 6.45) is 20.7. The largest absolute Gasteiger partial charge is 0.313 e. The average Bonchev–Trinajstić information content (AvgIpc) is 2.70. The predicted molar refractivity (Wildman–Crippen MR) is 89.1 cm³/mol. The van der Waals surface area contributed by atoms with Crippen LogP contribution in [0.5, 0.6) is 0 Å². The lowest BCUT2D eigenvalue weighted by Crippen LogP contribution is -2.43. The molecule has 1 heteroatoms. The van der Waals surface area contributed by atoms with Crippen LogP contribution in [-0.2, 0) is 0 Å². The molecule has 118 valence electrons. The Morgan fingerprint density at radius 3 is 1.50 bits per heavy atom. The van der Waals surface area contributed by atoms with Crippen LogP contribution in [0.2, 0.25) is 0 Å². The normalized spacial score (nSPS) is 25.6. The zero-order valence-corrected chi connectivity index (χ0v) is 13.8. The monoisotopic (exact) mass is 279 g/mol. The van der Waals surface area contributed by atoms with Crippen molar-refractivity contribution < 1.29 is 0 Å².